The van der Waals surface area contributed by atoms with Gasteiger partial charge in [-0.25, -0.2) is 0 Å². The van der Waals surface area contributed by atoms with Crippen LogP contribution in [0.5, 0.6) is 0 Å². The Morgan fingerprint density at radius 1 is 1.50 bits per heavy atom. The molecule has 0 bridgehead atoms. The molecule has 0 radical (unpaired) electrons. The first-order valence-electron chi connectivity index (χ1n) is 2.91. The Labute approximate surface area is 30.6 Å². The molecule has 0 unspecified atom stereocenters. The molecule has 0 aliphatic carbocycles. The van der Waals surface area contributed by atoms with Gasteiger partial charge in [-0.1, -0.05) is 26.6 Å². The minimum absolute atomic E-state index is 0.485. The van der Waals surface area contributed by atoms with Crippen molar-refractivity contribution in [1.82, 2.24) is 0 Å². The summed E-state index contributed by atoms with van der Waals surface area (Å²) in [6.45, 7) is 0.970. The van der Waals surface area contributed by atoms with E-state index in [2.05, 4.69) is 0 Å². The zero-order valence-electron chi connectivity index (χ0n) is 4.83. The van der Waals surface area contributed by atoms with Gasteiger partial charge in [0.2, 0.25) is 0 Å². The van der Waals surface area contributed by atoms with Gasteiger partial charge in [0, 0.05) is 2.74 Å². The highest BCUT2D eigenvalue weighted by Gasteiger charge is 1.56. The summed E-state index contributed by atoms with van der Waals surface area (Å²) in [7, 11) is 0. The second-order valence-electron chi connectivity index (χ2n) is 0.707. The summed E-state index contributed by atoms with van der Waals surface area (Å²) < 4.78 is 13.2. The van der Waals surface area contributed by atoms with E-state index < -0.39 is 0 Å². The lowest BCUT2D eigenvalue weighted by Gasteiger charge is -1.68. The molecule has 0 aromatic carbocycles. The molecule has 0 atom stereocenters. The van der Waals surface area contributed by atoms with E-state index in [0.717, 1.165) is 12.8 Å². The van der Waals surface area contributed by atoms with Gasteiger partial charge in [-0.05, 0) is 0 Å². The molecule has 0 N–H and O–H groups in total. The fourth-order valence-corrected chi connectivity index (χ4v) is 0. The Morgan fingerprint density at radius 2 is 2.00 bits per heavy atom. The Morgan fingerprint density at radius 3 is 2.25 bits per heavy atom. The summed E-state index contributed by atoms with van der Waals surface area (Å²) in [6.07, 6.45) is 1.78. The van der Waals surface area contributed by atoms with Crippen molar-refractivity contribution < 1.29 is 2.74 Å². The first-order chi connectivity index (χ1) is 2.91. The molecular weight excluding hydrogens is 48.0 g/mol. The van der Waals surface area contributed by atoms with E-state index in [9.17, 15) is 0 Å². The Balaban J connectivity index is 2.34. The molecule has 0 heterocycles. The van der Waals surface area contributed by atoms with Crippen LogP contribution in [-0.2, 0) is 0 Å². The Hall–Kier alpha value is 0. The quantitative estimate of drug-likeness (QED) is 0.406. The van der Waals surface area contributed by atoms with Crippen molar-refractivity contribution in [2.24, 2.45) is 0 Å². The lowest BCUT2D eigenvalue weighted by molar-refractivity contribution is 0.886. The molecule has 0 aliphatic rings. The van der Waals surface area contributed by atoms with Crippen molar-refractivity contribution in [3.05, 3.63) is 0 Å². The molecule has 4 heavy (non-hydrogen) atoms. The third kappa shape index (κ3) is 2.00. The third-order valence-electron chi connectivity index (χ3n) is 0.250. The SMILES string of the molecule is [3H]CCCC[3H]. The van der Waals surface area contributed by atoms with Crippen molar-refractivity contribution in [1.29, 1.82) is 0 Å². The van der Waals surface area contributed by atoms with Gasteiger partial charge < -0.3 is 0 Å². The molecule has 0 saturated carbocycles. The van der Waals surface area contributed by atoms with Gasteiger partial charge in [-0.15, -0.1) is 0 Å². The molecule has 0 rings (SSSR count). The summed E-state index contributed by atoms with van der Waals surface area (Å²) >= 11 is 0. The molecule has 0 nitrogen and oxygen atoms in total. The largest absolute Gasteiger partial charge is 0.0654 e. The molecule has 0 spiro atoms. The van der Waals surface area contributed by atoms with Crippen LogP contribution in [0.2, 0.25) is 0 Å². The smallest absolute Gasteiger partial charge is 0.0230 e. The van der Waals surface area contributed by atoms with Crippen LogP contribution in [-0.4, -0.2) is 0 Å². The molecule has 0 aliphatic heterocycles. The van der Waals surface area contributed by atoms with E-state index in [1.807, 2.05) is 0 Å². The lowest BCUT2D eigenvalue weighted by Crippen LogP contribution is -1.47. The topological polar surface area (TPSA) is 0 Å². The van der Waals surface area contributed by atoms with Crippen molar-refractivity contribution in [3.63, 3.8) is 0 Å². The minimum atomic E-state index is 0.485. The molecule has 0 heteroatoms. The van der Waals surface area contributed by atoms with Crippen molar-refractivity contribution >= 4 is 0 Å². The predicted molar refractivity (Wildman–Crippen MR) is 20.6 cm³/mol. The van der Waals surface area contributed by atoms with Gasteiger partial charge in [0.15, 0.2) is 0 Å². The average molecular weight is 62.1 g/mol. The maximum atomic E-state index is 6.62. The molecular formula is C4H10. The standard InChI is InChI=1S/C4H10/c1-3-4-2/h3-4H2,1-2H3/i1T,2T. The highest BCUT2D eigenvalue weighted by molar-refractivity contribution is 4.12. The van der Waals surface area contributed by atoms with E-state index in [1.165, 1.54) is 0 Å². The first-order valence-corrected chi connectivity index (χ1v) is 1.50. The summed E-state index contributed by atoms with van der Waals surface area (Å²) in [6, 6.07) is 0. The van der Waals surface area contributed by atoms with Crippen LogP contribution in [0.4, 0.5) is 0 Å². The molecule has 0 aromatic heterocycles. The fraction of sp³-hybridized carbons (Fsp3) is 1.00. The van der Waals surface area contributed by atoms with Crippen LogP contribution in [0, 0.1) is 0 Å². The number of rotatable bonds is 1. The van der Waals surface area contributed by atoms with Gasteiger partial charge >= 0.3 is 0 Å². The molecule has 26 valence electrons. The summed E-state index contributed by atoms with van der Waals surface area (Å²) in [5.41, 5.74) is 0. The van der Waals surface area contributed by atoms with Gasteiger partial charge in [0.1, 0.15) is 0 Å². The third-order valence-corrected chi connectivity index (χ3v) is 0.250. The highest BCUT2D eigenvalue weighted by Crippen LogP contribution is 1.76. The first kappa shape index (κ1) is 1.44. The number of unbranched alkanes of at least 4 members (excludes halogenated alkanes) is 1. The van der Waals surface area contributed by atoms with Crippen LogP contribution < -0.4 is 0 Å². The minimum Gasteiger partial charge on any atom is -0.0654 e. The summed E-state index contributed by atoms with van der Waals surface area (Å²) in [5, 5.41) is 0. The van der Waals surface area contributed by atoms with Crippen LogP contribution in [0.1, 0.15) is 29.4 Å². The maximum Gasteiger partial charge on any atom is 0.0230 e. The normalized spacial score (nSPS) is 14.0. The fourth-order valence-electron chi connectivity index (χ4n) is 0. The lowest BCUT2D eigenvalue weighted by atomic mass is 10.4. The number of hydrogen-bond acceptors (Lipinski definition) is 0. The molecule has 0 fully saturated rings. The van der Waals surface area contributed by atoms with Crippen LogP contribution in [0.3, 0.4) is 0 Å². The number of hydrogen-bond donors (Lipinski definition) is 0. The second kappa shape index (κ2) is 3.00. The maximum absolute atomic E-state index is 6.62. The monoisotopic (exact) mass is 62.1 g/mol. The van der Waals surface area contributed by atoms with E-state index in [4.69, 9.17) is 2.74 Å². The predicted octanol–water partition coefficient (Wildman–Crippen LogP) is 1.81. The summed E-state index contributed by atoms with van der Waals surface area (Å²) in [4.78, 5) is 0. The van der Waals surface area contributed by atoms with E-state index >= 15 is 0 Å². The van der Waals surface area contributed by atoms with Crippen LogP contribution in [0.15, 0.2) is 0 Å². The zero-order chi connectivity index (χ0) is 4.83. The van der Waals surface area contributed by atoms with Gasteiger partial charge in [-0.2, -0.15) is 0 Å². The van der Waals surface area contributed by atoms with Crippen LogP contribution in [0.25, 0.3) is 0 Å². The Bertz CT molecular complexity index is 17.5. The molecule has 0 aromatic rings. The van der Waals surface area contributed by atoms with E-state index in [-0.39, 0.29) is 0 Å². The van der Waals surface area contributed by atoms with Gasteiger partial charge in [0.05, 0.1) is 0 Å². The van der Waals surface area contributed by atoms with Crippen molar-refractivity contribution in [2.45, 2.75) is 26.6 Å². The average Bonchev–Trinajstić information content (AvgIpc) is 1.61. The van der Waals surface area contributed by atoms with Gasteiger partial charge in [-0.3, -0.25) is 0 Å². The van der Waals surface area contributed by atoms with E-state index in [0.29, 0.717) is 13.8 Å². The van der Waals surface area contributed by atoms with E-state index in [1.54, 1.807) is 0 Å². The van der Waals surface area contributed by atoms with Crippen molar-refractivity contribution in [2.75, 3.05) is 0 Å². The summed E-state index contributed by atoms with van der Waals surface area (Å²) in [5.74, 6) is 0. The van der Waals surface area contributed by atoms with Crippen LogP contribution >= 0.6 is 0 Å². The highest BCUT2D eigenvalue weighted by atomic mass is 13.6. The molecule has 0 saturated heterocycles. The zero-order valence-corrected chi connectivity index (χ0v) is 2.83. The molecule has 0 amide bonds. The Kier molecular flexibility index (Phi) is 1.08. The second-order valence-corrected chi connectivity index (χ2v) is 0.707. The van der Waals surface area contributed by atoms with Crippen molar-refractivity contribution in [3.8, 4) is 0 Å². The van der Waals surface area contributed by atoms with Gasteiger partial charge in [0.25, 0.3) is 0 Å².